The standard InChI is InChI=1S/C23H26N2O5/c1-4-5-10-25-22(27)17-8-7-16(14-18(17)23(25)28)21(26)24-19-9-6-15(2)13-20(19)30-12-11-29-3/h6-9,13-14H,4-5,10-12H2,1-3H3,(H,24,26). The van der Waals surface area contributed by atoms with Crippen LogP contribution in [0.3, 0.4) is 0 Å². The third-order valence-corrected chi connectivity index (χ3v) is 4.90. The first-order valence-corrected chi connectivity index (χ1v) is 10.00. The van der Waals surface area contributed by atoms with Crippen molar-refractivity contribution in [1.29, 1.82) is 0 Å². The molecule has 1 heterocycles. The molecular formula is C23H26N2O5. The zero-order chi connectivity index (χ0) is 21.7. The van der Waals surface area contributed by atoms with Crippen LogP contribution in [0.4, 0.5) is 5.69 Å². The molecule has 3 rings (SSSR count). The zero-order valence-corrected chi connectivity index (χ0v) is 17.5. The fourth-order valence-electron chi connectivity index (χ4n) is 3.23. The molecule has 0 aliphatic carbocycles. The lowest BCUT2D eigenvalue weighted by atomic mass is 10.1. The third-order valence-electron chi connectivity index (χ3n) is 4.90. The first-order valence-electron chi connectivity index (χ1n) is 10.00. The molecule has 0 saturated heterocycles. The van der Waals surface area contributed by atoms with Crippen LogP contribution in [-0.4, -0.2) is 49.5 Å². The summed E-state index contributed by atoms with van der Waals surface area (Å²) in [7, 11) is 1.59. The van der Waals surface area contributed by atoms with Crippen LogP contribution in [0.5, 0.6) is 5.75 Å². The van der Waals surface area contributed by atoms with Gasteiger partial charge in [-0.05, 0) is 49.2 Å². The maximum Gasteiger partial charge on any atom is 0.261 e. The van der Waals surface area contributed by atoms with Crippen LogP contribution in [0.1, 0.15) is 56.4 Å². The van der Waals surface area contributed by atoms with E-state index < -0.39 is 0 Å². The Morgan fingerprint density at radius 1 is 1.03 bits per heavy atom. The number of unbranched alkanes of at least 4 members (excludes halogenated alkanes) is 1. The van der Waals surface area contributed by atoms with Gasteiger partial charge in [-0.3, -0.25) is 19.3 Å². The number of methoxy groups -OCH3 is 1. The number of hydrogen-bond acceptors (Lipinski definition) is 5. The van der Waals surface area contributed by atoms with Crippen LogP contribution >= 0.6 is 0 Å². The van der Waals surface area contributed by atoms with Crippen molar-refractivity contribution in [3.05, 3.63) is 58.7 Å². The van der Waals surface area contributed by atoms with Crippen molar-refractivity contribution < 1.29 is 23.9 Å². The summed E-state index contributed by atoms with van der Waals surface area (Å²) in [6.45, 7) is 5.10. The average molecular weight is 410 g/mol. The monoisotopic (exact) mass is 410 g/mol. The van der Waals surface area contributed by atoms with Crippen molar-refractivity contribution in [3.8, 4) is 5.75 Å². The predicted octanol–water partition coefficient (Wildman–Crippen LogP) is 3.67. The van der Waals surface area contributed by atoms with Crippen molar-refractivity contribution in [2.45, 2.75) is 26.7 Å². The zero-order valence-electron chi connectivity index (χ0n) is 17.5. The molecule has 0 unspecified atom stereocenters. The number of rotatable bonds is 9. The van der Waals surface area contributed by atoms with Gasteiger partial charge < -0.3 is 14.8 Å². The van der Waals surface area contributed by atoms with Crippen LogP contribution < -0.4 is 10.1 Å². The van der Waals surface area contributed by atoms with Crippen LogP contribution in [0.15, 0.2) is 36.4 Å². The van der Waals surface area contributed by atoms with E-state index in [0.29, 0.717) is 42.3 Å². The number of carbonyl (C=O) groups excluding carboxylic acids is 3. The van der Waals surface area contributed by atoms with E-state index in [0.717, 1.165) is 18.4 Å². The summed E-state index contributed by atoms with van der Waals surface area (Å²) >= 11 is 0. The Bertz CT molecular complexity index is 970. The largest absolute Gasteiger partial charge is 0.489 e. The summed E-state index contributed by atoms with van der Waals surface area (Å²) in [5, 5.41) is 2.83. The highest BCUT2D eigenvalue weighted by Crippen LogP contribution is 2.28. The predicted molar refractivity (Wildman–Crippen MR) is 113 cm³/mol. The lowest BCUT2D eigenvalue weighted by Crippen LogP contribution is -2.30. The Kier molecular flexibility index (Phi) is 6.84. The minimum atomic E-state index is -0.384. The minimum absolute atomic E-state index is 0.268. The first-order chi connectivity index (χ1) is 14.5. The summed E-state index contributed by atoms with van der Waals surface area (Å²) in [4.78, 5) is 39.2. The van der Waals surface area contributed by atoms with Gasteiger partial charge in [0.2, 0.25) is 0 Å². The molecule has 7 heteroatoms. The van der Waals surface area contributed by atoms with Crippen LogP contribution in [0.25, 0.3) is 0 Å². The molecule has 1 aliphatic rings. The molecule has 7 nitrogen and oxygen atoms in total. The maximum atomic E-state index is 12.8. The van der Waals surface area contributed by atoms with Crippen LogP contribution in [0.2, 0.25) is 0 Å². The minimum Gasteiger partial charge on any atom is -0.489 e. The number of imide groups is 1. The normalized spacial score (nSPS) is 12.8. The van der Waals surface area contributed by atoms with E-state index in [-0.39, 0.29) is 23.3 Å². The molecule has 0 atom stereocenters. The topological polar surface area (TPSA) is 84.9 Å². The van der Waals surface area contributed by atoms with E-state index in [9.17, 15) is 14.4 Å². The fraction of sp³-hybridized carbons (Fsp3) is 0.348. The van der Waals surface area contributed by atoms with Gasteiger partial charge in [0.25, 0.3) is 17.7 Å². The van der Waals surface area contributed by atoms with E-state index in [2.05, 4.69) is 5.32 Å². The van der Waals surface area contributed by atoms with Crippen molar-refractivity contribution in [2.24, 2.45) is 0 Å². The Balaban J connectivity index is 1.79. The number of hydrogen-bond donors (Lipinski definition) is 1. The van der Waals surface area contributed by atoms with Gasteiger partial charge in [0.15, 0.2) is 0 Å². The SMILES string of the molecule is CCCCN1C(=O)c2ccc(C(=O)Nc3ccc(C)cc3OCCOC)cc2C1=O. The summed E-state index contributed by atoms with van der Waals surface area (Å²) in [6.07, 6.45) is 1.63. The summed E-state index contributed by atoms with van der Waals surface area (Å²) in [5.74, 6) is -0.496. The van der Waals surface area contributed by atoms with E-state index >= 15 is 0 Å². The second-order valence-corrected chi connectivity index (χ2v) is 7.17. The van der Waals surface area contributed by atoms with Crippen molar-refractivity contribution >= 4 is 23.4 Å². The summed E-state index contributed by atoms with van der Waals surface area (Å²) in [5.41, 5.74) is 2.43. The van der Waals surface area contributed by atoms with Crippen molar-refractivity contribution in [1.82, 2.24) is 4.90 Å². The molecule has 0 spiro atoms. The number of aryl methyl sites for hydroxylation is 1. The quantitative estimate of drug-likeness (QED) is 0.504. The highest BCUT2D eigenvalue weighted by molar-refractivity contribution is 6.22. The van der Waals surface area contributed by atoms with Gasteiger partial charge in [-0.2, -0.15) is 0 Å². The van der Waals surface area contributed by atoms with Crippen molar-refractivity contribution in [2.75, 3.05) is 32.2 Å². The van der Waals surface area contributed by atoms with E-state index in [1.807, 2.05) is 26.0 Å². The second-order valence-electron chi connectivity index (χ2n) is 7.17. The Morgan fingerprint density at radius 2 is 1.80 bits per heavy atom. The molecule has 0 saturated carbocycles. The number of anilines is 1. The smallest absolute Gasteiger partial charge is 0.261 e. The van der Waals surface area contributed by atoms with E-state index in [1.165, 1.54) is 11.0 Å². The van der Waals surface area contributed by atoms with Gasteiger partial charge in [-0.15, -0.1) is 0 Å². The van der Waals surface area contributed by atoms with Crippen LogP contribution in [0, 0.1) is 6.92 Å². The molecular weight excluding hydrogens is 384 g/mol. The summed E-state index contributed by atoms with van der Waals surface area (Å²) in [6, 6.07) is 10.1. The molecule has 3 amide bonds. The summed E-state index contributed by atoms with van der Waals surface area (Å²) < 4.78 is 10.7. The number of fused-ring (bicyclic) bond motifs is 1. The number of amides is 3. The molecule has 0 radical (unpaired) electrons. The van der Waals surface area contributed by atoms with Gasteiger partial charge in [-0.25, -0.2) is 0 Å². The first kappa shape index (κ1) is 21.5. The second kappa shape index (κ2) is 9.54. The third kappa shape index (κ3) is 4.52. The lowest BCUT2D eigenvalue weighted by Gasteiger charge is -2.13. The molecule has 2 aromatic carbocycles. The highest BCUT2D eigenvalue weighted by atomic mass is 16.5. The Labute approximate surface area is 176 Å². The van der Waals surface area contributed by atoms with Crippen LogP contribution in [-0.2, 0) is 4.74 Å². The molecule has 1 N–H and O–H groups in total. The van der Waals surface area contributed by atoms with E-state index in [1.54, 1.807) is 25.3 Å². The van der Waals surface area contributed by atoms with Gasteiger partial charge >= 0.3 is 0 Å². The van der Waals surface area contributed by atoms with Gasteiger partial charge in [0, 0.05) is 19.2 Å². The Morgan fingerprint density at radius 3 is 2.53 bits per heavy atom. The fourth-order valence-corrected chi connectivity index (χ4v) is 3.23. The van der Waals surface area contributed by atoms with Crippen molar-refractivity contribution in [3.63, 3.8) is 0 Å². The number of nitrogens with zero attached hydrogens (tertiary/aromatic N) is 1. The van der Waals surface area contributed by atoms with E-state index in [4.69, 9.17) is 9.47 Å². The molecule has 0 bridgehead atoms. The lowest BCUT2D eigenvalue weighted by molar-refractivity contribution is 0.0652. The highest BCUT2D eigenvalue weighted by Gasteiger charge is 2.35. The Hall–Kier alpha value is -3.19. The average Bonchev–Trinajstić information content (AvgIpc) is 2.98. The number of carbonyl (C=O) groups is 3. The maximum absolute atomic E-state index is 12.8. The number of ether oxygens (including phenoxy) is 2. The molecule has 158 valence electrons. The molecule has 0 fully saturated rings. The van der Waals surface area contributed by atoms with Gasteiger partial charge in [0.05, 0.1) is 23.4 Å². The molecule has 1 aliphatic heterocycles. The molecule has 2 aromatic rings. The number of nitrogens with one attached hydrogen (secondary N) is 1. The van der Waals surface area contributed by atoms with Gasteiger partial charge in [-0.1, -0.05) is 19.4 Å². The number of benzene rings is 2. The molecule has 0 aromatic heterocycles. The van der Waals surface area contributed by atoms with Gasteiger partial charge in [0.1, 0.15) is 12.4 Å². The molecule has 30 heavy (non-hydrogen) atoms.